The largest absolute Gasteiger partial charge is 0.494 e. The Morgan fingerprint density at radius 2 is 2.11 bits per heavy atom. The van der Waals surface area contributed by atoms with E-state index in [1.54, 1.807) is 13.3 Å². The average molecular weight is 383 g/mol. The second-order valence-electron chi connectivity index (χ2n) is 6.93. The zero-order valence-corrected chi connectivity index (χ0v) is 16.5. The van der Waals surface area contributed by atoms with Gasteiger partial charge in [-0.05, 0) is 42.2 Å². The van der Waals surface area contributed by atoms with Crippen LogP contribution < -0.4 is 10.1 Å². The smallest absolute Gasteiger partial charge is 0.223 e. The van der Waals surface area contributed by atoms with E-state index in [2.05, 4.69) is 22.4 Å². The molecule has 2 aromatic rings. The van der Waals surface area contributed by atoms with E-state index in [0.717, 1.165) is 37.4 Å². The minimum Gasteiger partial charge on any atom is -0.494 e. The number of methoxy groups -OCH3 is 1. The highest BCUT2D eigenvalue weighted by atomic mass is 16.5. The molecule has 0 radical (unpaired) electrons. The summed E-state index contributed by atoms with van der Waals surface area (Å²) in [4.78, 5) is 18.9. The molecule has 0 saturated carbocycles. The van der Waals surface area contributed by atoms with Crippen LogP contribution in [0.4, 0.5) is 0 Å². The SMILES string of the molecule is COCCc1ccc(OCCCC(=O)N2CCNCC2c2cccnc2)cc1. The molecule has 150 valence electrons. The lowest BCUT2D eigenvalue weighted by Crippen LogP contribution is -2.48. The number of nitrogens with zero attached hydrogens (tertiary/aromatic N) is 2. The summed E-state index contributed by atoms with van der Waals surface area (Å²) in [7, 11) is 1.71. The summed E-state index contributed by atoms with van der Waals surface area (Å²) in [6, 6.07) is 12.1. The lowest BCUT2D eigenvalue weighted by atomic mass is 10.0. The molecule has 1 amide bonds. The van der Waals surface area contributed by atoms with Gasteiger partial charge < -0.3 is 19.7 Å². The van der Waals surface area contributed by atoms with Crippen molar-refractivity contribution in [3.63, 3.8) is 0 Å². The van der Waals surface area contributed by atoms with Crippen LogP contribution >= 0.6 is 0 Å². The molecule has 28 heavy (non-hydrogen) atoms. The summed E-state index contributed by atoms with van der Waals surface area (Å²) in [5.41, 5.74) is 2.30. The van der Waals surface area contributed by atoms with Crippen LogP contribution in [0.1, 0.15) is 30.0 Å². The molecule has 6 heteroatoms. The van der Waals surface area contributed by atoms with Gasteiger partial charge in [-0.25, -0.2) is 0 Å². The number of ether oxygens (including phenoxy) is 2. The predicted octanol–water partition coefficient (Wildman–Crippen LogP) is 2.60. The summed E-state index contributed by atoms with van der Waals surface area (Å²) < 4.78 is 10.9. The molecular formula is C22H29N3O3. The van der Waals surface area contributed by atoms with Crippen LogP contribution in [0, 0.1) is 0 Å². The summed E-state index contributed by atoms with van der Waals surface area (Å²) in [5, 5.41) is 3.37. The molecule has 2 heterocycles. The summed E-state index contributed by atoms with van der Waals surface area (Å²) in [6.45, 7) is 3.57. The van der Waals surface area contributed by atoms with Gasteiger partial charge >= 0.3 is 0 Å². The van der Waals surface area contributed by atoms with Crippen LogP contribution in [0.15, 0.2) is 48.8 Å². The van der Waals surface area contributed by atoms with E-state index < -0.39 is 0 Å². The van der Waals surface area contributed by atoms with Gasteiger partial charge in [-0.1, -0.05) is 18.2 Å². The number of benzene rings is 1. The molecule has 1 aliphatic rings. The Morgan fingerprint density at radius 3 is 2.86 bits per heavy atom. The van der Waals surface area contributed by atoms with Gasteiger partial charge in [0.2, 0.25) is 5.91 Å². The van der Waals surface area contributed by atoms with Gasteiger partial charge in [0, 0.05) is 45.6 Å². The third kappa shape index (κ3) is 5.78. The van der Waals surface area contributed by atoms with Crippen molar-refractivity contribution >= 4 is 5.91 Å². The molecule has 1 fully saturated rings. The van der Waals surface area contributed by atoms with Crippen LogP contribution in [0.5, 0.6) is 5.75 Å². The maximum atomic E-state index is 12.7. The molecule has 0 bridgehead atoms. The fourth-order valence-corrected chi connectivity index (χ4v) is 3.40. The Kier molecular flexibility index (Phi) is 7.82. The molecule has 1 aromatic carbocycles. The topological polar surface area (TPSA) is 63.7 Å². The molecule has 0 spiro atoms. The second-order valence-corrected chi connectivity index (χ2v) is 6.93. The van der Waals surface area contributed by atoms with Gasteiger partial charge in [0.15, 0.2) is 0 Å². The number of piperazine rings is 1. The molecule has 1 aromatic heterocycles. The highest BCUT2D eigenvalue weighted by molar-refractivity contribution is 5.76. The fraction of sp³-hybridized carbons (Fsp3) is 0.455. The van der Waals surface area contributed by atoms with Crippen molar-refractivity contribution in [2.45, 2.75) is 25.3 Å². The second kappa shape index (κ2) is 10.8. The Hall–Kier alpha value is -2.44. The van der Waals surface area contributed by atoms with Gasteiger partial charge in [0.05, 0.1) is 19.3 Å². The standard InChI is InChI=1S/C22H29N3O3/c1-27-15-10-18-6-8-20(9-7-18)28-14-3-5-22(26)25-13-12-24-17-21(25)19-4-2-11-23-16-19/h2,4,6-9,11,16,21,24H,3,5,10,12-15,17H2,1H3. The maximum absolute atomic E-state index is 12.7. The lowest BCUT2D eigenvalue weighted by Gasteiger charge is -2.36. The first-order valence-corrected chi connectivity index (χ1v) is 9.88. The van der Waals surface area contributed by atoms with Crippen LogP contribution in [0.2, 0.25) is 0 Å². The molecular weight excluding hydrogens is 354 g/mol. The highest BCUT2D eigenvalue weighted by Crippen LogP contribution is 2.22. The third-order valence-electron chi connectivity index (χ3n) is 4.95. The lowest BCUT2D eigenvalue weighted by molar-refractivity contribution is -0.134. The Labute approximate surface area is 166 Å². The number of amides is 1. The average Bonchev–Trinajstić information content (AvgIpc) is 2.76. The number of carbonyl (C=O) groups excluding carboxylic acids is 1. The van der Waals surface area contributed by atoms with Crippen LogP contribution in [-0.4, -0.2) is 55.7 Å². The van der Waals surface area contributed by atoms with Crippen molar-refractivity contribution in [2.75, 3.05) is 40.0 Å². The molecule has 6 nitrogen and oxygen atoms in total. The number of carbonyl (C=O) groups is 1. The van der Waals surface area contributed by atoms with Crippen molar-refractivity contribution in [1.82, 2.24) is 15.2 Å². The number of rotatable bonds is 9. The summed E-state index contributed by atoms with van der Waals surface area (Å²) in [6.07, 6.45) is 5.69. The summed E-state index contributed by atoms with van der Waals surface area (Å²) in [5.74, 6) is 1.01. The van der Waals surface area contributed by atoms with E-state index in [9.17, 15) is 4.79 Å². The van der Waals surface area contributed by atoms with Crippen molar-refractivity contribution in [3.05, 3.63) is 59.9 Å². The van der Waals surface area contributed by atoms with E-state index in [-0.39, 0.29) is 11.9 Å². The van der Waals surface area contributed by atoms with E-state index in [4.69, 9.17) is 9.47 Å². The number of pyridine rings is 1. The quantitative estimate of drug-likeness (QED) is 0.675. The molecule has 1 aliphatic heterocycles. The Bertz CT molecular complexity index is 722. The summed E-state index contributed by atoms with van der Waals surface area (Å²) >= 11 is 0. The van der Waals surface area contributed by atoms with E-state index in [1.807, 2.05) is 35.4 Å². The van der Waals surface area contributed by atoms with Crippen molar-refractivity contribution in [3.8, 4) is 5.75 Å². The fourth-order valence-electron chi connectivity index (χ4n) is 3.40. The van der Waals surface area contributed by atoms with Crippen LogP contribution in [-0.2, 0) is 16.0 Å². The zero-order valence-electron chi connectivity index (χ0n) is 16.5. The molecule has 3 rings (SSSR count). The number of hydrogen-bond donors (Lipinski definition) is 1. The Balaban J connectivity index is 1.44. The normalized spacial score (nSPS) is 16.8. The first-order chi connectivity index (χ1) is 13.8. The predicted molar refractivity (Wildman–Crippen MR) is 108 cm³/mol. The van der Waals surface area contributed by atoms with Gasteiger partial charge in [0.25, 0.3) is 0 Å². The van der Waals surface area contributed by atoms with Crippen molar-refractivity contribution < 1.29 is 14.3 Å². The highest BCUT2D eigenvalue weighted by Gasteiger charge is 2.27. The first-order valence-electron chi connectivity index (χ1n) is 9.88. The van der Waals surface area contributed by atoms with E-state index in [0.29, 0.717) is 26.1 Å². The van der Waals surface area contributed by atoms with Crippen molar-refractivity contribution in [2.24, 2.45) is 0 Å². The van der Waals surface area contributed by atoms with Gasteiger partial charge in [-0.2, -0.15) is 0 Å². The molecule has 1 unspecified atom stereocenters. The molecule has 1 saturated heterocycles. The molecule has 1 atom stereocenters. The number of nitrogens with one attached hydrogen (secondary N) is 1. The maximum Gasteiger partial charge on any atom is 0.223 e. The van der Waals surface area contributed by atoms with Crippen molar-refractivity contribution in [1.29, 1.82) is 0 Å². The monoisotopic (exact) mass is 383 g/mol. The zero-order chi connectivity index (χ0) is 19.6. The number of aromatic nitrogens is 1. The van der Waals surface area contributed by atoms with Gasteiger partial charge in [-0.15, -0.1) is 0 Å². The third-order valence-corrected chi connectivity index (χ3v) is 4.95. The van der Waals surface area contributed by atoms with E-state index >= 15 is 0 Å². The minimum atomic E-state index is 0.0514. The minimum absolute atomic E-state index is 0.0514. The van der Waals surface area contributed by atoms with Crippen LogP contribution in [0.25, 0.3) is 0 Å². The van der Waals surface area contributed by atoms with E-state index in [1.165, 1.54) is 5.56 Å². The van der Waals surface area contributed by atoms with Gasteiger partial charge in [-0.3, -0.25) is 9.78 Å². The van der Waals surface area contributed by atoms with Gasteiger partial charge in [0.1, 0.15) is 5.75 Å². The molecule has 0 aliphatic carbocycles. The Morgan fingerprint density at radius 1 is 1.25 bits per heavy atom. The van der Waals surface area contributed by atoms with Crippen LogP contribution in [0.3, 0.4) is 0 Å². The number of hydrogen-bond acceptors (Lipinski definition) is 5. The first kappa shape index (κ1) is 20.3. The molecule has 1 N–H and O–H groups in total.